The van der Waals surface area contributed by atoms with E-state index in [-0.39, 0.29) is 6.03 Å². The van der Waals surface area contributed by atoms with Gasteiger partial charge in [0.1, 0.15) is 0 Å². The molecule has 0 unspecified atom stereocenters. The van der Waals surface area contributed by atoms with Crippen LogP contribution in [-0.4, -0.2) is 72.5 Å². The molecule has 2 aromatic rings. The van der Waals surface area contributed by atoms with Crippen molar-refractivity contribution in [1.29, 1.82) is 0 Å². The first kappa shape index (κ1) is 23.1. The summed E-state index contributed by atoms with van der Waals surface area (Å²) in [4.78, 5) is 24.0. The molecule has 2 aromatic carbocycles. The molecule has 2 aliphatic heterocycles. The van der Waals surface area contributed by atoms with Gasteiger partial charge >= 0.3 is 6.03 Å². The van der Waals surface area contributed by atoms with Crippen LogP contribution in [0.5, 0.6) is 0 Å². The highest BCUT2D eigenvalue weighted by Crippen LogP contribution is 2.15. The SMILES string of the molecule is CCNC(=NCc1cccc(NC(=O)N2CCCC2)c1)N1CCN(Cc2ccccc2)CC1. The summed E-state index contributed by atoms with van der Waals surface area (Å²) in [6.45, 7) is 10.2. The highest BCUT2D eigenvalue weighted by molar-refractivity contribution is 5.89. The number of benzene rings is 2. The summed E-state index contributed by atoms with van der Waals surface area (Å²) in [5.41, 5.74) is 3.29. The maximum atomic E-state index is 12.4. The Balaban J connectivity index is 1.32. The second kappa shape index (κ2) is 11.7. The van der Waals surface area contributed by atoms with Crippen LogP contribution in [0.15, 0.2) is 59.6 Å². The molecule has 0 spiro atoms. The lowest BCUT2D eigenvalue weighted by Gasteiger charge is -2.36. The van der Waals surface area contributed by atoms with Gasteiger partial charge in [-0.3, -0.25) is 4.90 Å². The molecule has 2 saturated heterocycles. The van der Waals surface area contributed by atoms with Crippen molar-refractivity contribution in [3.63, 3.8) is 0 Å². The Hall–Kier alpha value is -3.06. The summed E-state index contributed by atoms with van der Waals surface area (Å²) in [6, 6.07) is 18.7. The number of nitrogens with one attached hydrogen (secondary N) is 2. The molecule has 7 nitrogen and oxygen atoms in total. The standard InChI is InChI=1S/C26H36N6O/c1-2-27-25(31-17-15-30(16-18-31)21-22-9-4-3-5-10-22)28-20-23-11-8-12-24(19-23)29-26(33)32-13-6-7-14-32/h3-5,8-12,19H,2,6-7,13-18,20-21H2,1H3,(H,27,28)(H,29,33). The normalized spacial score (nSPS) is 17.3. The van der Waals surface area contributed by atoms with Gasteiger partial charge in [0.2, 0.25) is 0 Å². The van der Waals surface area contributed by atoms with Crippen LogP contribution in [0.3, 0.4) is 0 Å². The second-order valence-corrected chi connectivity index (χ2v) is 8.74. The molecule has 33 heavy (non-hydrogen) atoms. The Labute approximate surface area is 197 Å². The molecule has 7 heteroatoms. The van der Waals surface area contributed by atoms with Gasteiger partial charge in [0.15, 0.2) is 5.96 Å². The molecule has 0 saturated carbocycles. The van der Waals surface area contributed by atoms with Crippen LogP contribution in [0, 0.1) is 0 Å². The summed E-state index contributed by atoms with van der Waals surface area (Å²) in [5, 5.41) is 6.48. The quantitative estimate of drug-likeness (QED) is 0.524. The molecule has 0 aromatic heterocycles. The third kappa shape index (κ3) is 6.71. The first-order valence-electron chi connectivity index (χ1n) is 12.2. The van der Waals surface area contributed by atoms with Gasteiger partial charge in [0, 0.05) is 58.0 Å². The van der Waals surface area contributed by atoms with Crippen LogP contribution in [0.2, 0.25) is 0 Å². The molecule has 2 N–H and O–H groups in total. The van der Waals surface area contributed by atoms with Crippen molar-refractivity contribution in [3.05, 3.63) is 65.7 Å². The van der Waals surface area contributed by atoms with Gasteiger partial charge in [-0.25, -0.2) is 9.79 Å². The number of carbonyl (C=O) groups is 1. The number of likely N-dealkylation sites (tertiary alicyclic amines) is 1. The van der Waals surface area contributed by atoms with Crippen LogP contribution in [-0.2, 0) is 13.1 Å². The largest absolute Gasteiger partial charge is 0.357 e. The van der Waals surface area contributed by atoms with E-state index in [1.165, 1.54) is 5.56 Å². The Kier molecular flexibility index (Phi) is 8.19. The summed E-state index contributed by atoms with van der Waals surface area (Å²) in [6.07, 6.45) is 2.19. The van der Waals surface area contributed by atoms with Crippen molar-refractivity contribution in [2.24, 2.45) is 4.99 Å². The van der Waals surface area contributed by atoms with Gasteiger partial charge in [0.25, 0.3) is 0 Å². The lowest BCUT2D eigenvalue weighted by molar-refractivity contribution is 0.172. The highest BCUT2D eigenvalue weighted by Gasteiger charge is 2.20. The van der Waals surface area contributed by atoms with Crippen molar-refractivity contribution in [1.82, 2.24) is 20.0 Å². The minimum absolute atomic E-state index is 0.00476. The number of hydrogen-bond acceptors (Lipinski definition) is 3. The fourth-order valence-electron chi connectivity index (χ4n) is 4.42. The topological polar surface area (TPSA) is 63.2 Å². The number of rotatable bonds is 6. The summed E-state index contributed by atoms with van der Waals surface area (Å²) < 4.78 is 0. The van der Waals surface area contributed by atoms with Crippen molar-refractivity contribution >= 4 is 17.7 Å². The van der Waals surface area contributed by atoms with E-state index in [1.807, 2.05) is 23.1 Å². The van der Waals surface area contributed by atoms with E-state index in [4.69, 9.17) is 4.99 Å². The number of anilines is 1. The lowest BCUT2D eigenvalue weighted by atomic mass is 10.2. The zero-order chi connectivity index (χ0) is 22.9. The van der Waals surface area contributed by atoms with E-state index in [0.717, 1.165) is 82.4 Å². The van der Waals surface area contributed by atoms with Gasteiger partial charge in [0.05, 0.1) is 6.54 Å². The number of piperazine rings is 1. The highest BCUT2D eigenvalue weighted by atomic mass is 16.2. The molecule has 2 aliphatic rings. The summed E-state index contributed by atoms with van der Waals surface area (Å²) >= 11 is 0. The molecule has 0 bridgehead atoms. The molecule has 4 rings (SSSR count). The Morgan fingerprint density at radius 3 is 2.33 bits per heavy atom. The van der Waals surface area contributed by atoms with E-state index in [1.54, 1.807) is 0 Å². The van der Waals surface area contributed by atoms with Crippen LogP contribution in [0.1, 0.15) is 30.9 Å². The third-order valence-corrected chi connectivity index (χ3v) is 6.24. The van der Waals surface area contributed by atoms with E-state index in [9.17, 15) is 4.79 Å². The monoisotopic (exact) mass is 448 g/mol. The molecule has 0 radical (unpaired) electrons. The average molecular weight is 449 g/mol. The molecule has 2 heterocycles. The minimum Gasteiger partial charge on any atom is -0.357 e. The smallest absolute Gasteiger partial charge is 0.321 e. The molecular formula is C26H36N6O. The zero-order valence-electron chi connectivity index (χ0n) is 19.7. The molecule has 2 fully saturated rings. The van der Waals surface area contributed by atoms with Crippen LogP contribution in [0.25, 0.3) is 0 Å². The minimum atomic E-state index is -0.00476. The molecule has 2 amide bonds. The van der Waals surface area contributed by atoms with Crippen molar-refractivity contribution in [2.75, 3.05) is 51.1 Å². The van der Waals surface area contributed by atoms with Gasteiger partial charge < -0.3 is 20.4 Å². The maximum absolute atomic E-state index is 12.4. The molecule has 0 atom stereocenters. The molecule has 176 valence electrons. The predicted molar refractivity (Wildman–Crippen MR) is 134 cm³/mol. The Morgan fingerprint density at radius 2 is 1.61 bits per heavy atom. The number of amides is 2. The number of carbonyl (C=O) groups excluding carboxylic acids is 1. The predicted octanol–water partition coefficient (Wildman–Crippen LogP) is 3.60. The number of guanidine groups is 1. The third-order valence-electron chi connectivity index (χ3n) is 6.24. The second-order valence-electron chi connectivity index (χ2n) is 8.74. The lowest BCUT2D eigenvalue weighted by Crippen LogP contribution is -2.52. The fourth-order valence-corrected chi connectivity index (χ4v) is 4.42. The number of aliphatic imine (C=N–C) groups is 1. The first-order valence-corrected chi connectivity index (χ1v) is 12.2. The van der Waals surface area contributed by atoms with Crippen LogP contribution in [0.4, 0.5) is 10.5 Å². The maximum Gasteiger partial charge on any atom is 0.321 e. The van der Waals surface area contributed by atoms with E-state index >= 15 is 0 Å². The van der Waals surface area contributed by atoms with E-state index in [2.05, 4.69) is 63.8 Å². The average Bonchev–Trinajstić information content (AvgIpc) is 3.39. The van der Waals surface area contributed by atoms with Gasteiger partial charge in [-0.15, -0.1) is 0 Å². The molecule has 0 aliphatic carbocycles. The van der Waals surface area contributed by atoms with Crippen molar-refractivity contribution in [3.8, 4) is 0 Å². The number of hydrogen-bond donors (Lipinski definition) is 2. The fraction of sp³-hybridized carbons (Fsp3) is 0.462. The Morgan fingerprint density at radius 1 is 0.879 bits per heavy atom. The van der Waals surface area contributed by atoms with E-state index in [0.29, 0.717) is 6.54 Å². The zero-order valence-corrected chi connectivity index (χ0v) is 19.7. The molecular weight excluding hydrogens is 412 g/mol. The van der Waals surface area contributed by atoms with Crippen molar-refractivity contribution < 1.29 is 4.79 Å². The van der Waals surface area contributed by atoms with Crippen LogP contribution < -0.4 is 10.6 Å². The number of urea groups is 1. The number of nitrogens with zero attached hydrogens (tertiary/aromatic N) is 4. The van der Waals surface area contributed by atoms with Gasteiger partial charge in [-0.2, -0.15) is 0 Å². The van der Waals surface area contributed by atoms with Gasteiger partial charge in [-0.1, -0.05) is 42.5 Å². The summed E-state index contributed by atoms with van der Waals surface area (Å²) in [7, 11) is 0. The Bertz CT molecular complexity index is 917. The van der Waals surface area contributed by atoms with Crippen molar-refractivity contribution in [2.45, 2.75) is 32.9 Å². The van der Waals surface area contributed by atoms with E-state index < -0.39 is 0 Å². The van der Waals surface area contributed by atoms with Gasteiger partial charge in [-0.05, 0) is 43.0 Å². The summed E-state index contributed by atoms with van der Waals surface area (Å²) in [5.74, 6) is 0.961. The van der Waals surface area contributed by atoms with Crippen LogP contribution >= 0.6 is 0 Å². The first-order chi connectivity index (χ1) is 16.2.